The average Bonchev–Trinajstić information content (AvgIpc) is 2.14. The first-order valence-corrected chi connectivity index (χ1v) is 3.95. The van der Waals surface area contributed by atoms with Crippen LogP contribution in [0.1, 0.15) is 21.6 Å². The van der Waals surface area contributed by atoms with Crippen molar-refractivity contribution in [2.45, 2.75) is 13.1 Å². The second kappa shape index (κ2) is 3.87. The van der Waals surface area contributed by atoms with Gasteiger partial charge in [0, 0.05) is 11.8 Å². The van der Waals surface area contributed by atoms with E-state index in [1.807, 2.05) is 0 Å². The largest absolute Gasteiger partial charge is 0.418 e. The highest BCUT2D eigenvalue weighted by atomic mass is 19.4. The number of aromatic nitrogens is 1. The van der Waals surface area contributed by atoms with Gasteiger partial charge in [0.15, 0.2) is 12.0 Å². The molecule has 0 radical (unpaired) electrons. The van der Waals surface area contributed by atoms with Crippen LogP contribution in [-0.2, 0) is 6.18 Å². The monoisotopic (exact) mass is 234 g/mol. The number of pyridine rings is 1. The molecule has 0 amide bonds. The number of hydrogen-bond acceptors (Lipinski definition) is 4. The Balaban J connectivity index is 3.56. The highest BCUT2D eigenvalue weighted by molar-refractivity contribution is 5.79. The second-order valence-electron chi connectivity index (χ2n) is 2.90. The Bertz CT molecular complexity index is 457. The molecule has 0 saturated carbocycles. The van der Waals surface area contributed by atoms with Gasteiger partial charge < -0.3 is 0 Å². The lowest BCUT2D eigenvalue weighted by Gasteiger charge is -2.09. The summed E-state index contributed by atoms with van der Waals surface area (Å²) in [4.78, 5) is 23.0. The van der Waals surface area contributed by atoms with E-state index in [0.29, 0.717) is 6.20 Å². The molecule has 0 aliphatic heterocycles. The van der Waals surface area contributed by atoms with Crippen LogP contribution >= 0.6 is 0 Å². The van der Waals surface area contributed by atoms with Crippen LogP contribution in [0.25, 0.3) is 0 Å². The lowest BCUT2D eigenvalue weighted by Crippen LogP contribution is -2.12. The molecule has 0 aromatic carbocycles. The van der Waals surface area contributed by atoms with E-state index in [1.54, 1.807) is 0 Å². The summed E-state index contributed by atoms with van der Waals surface area (Å²) in [6, 6.07) is 0. The van der Waals surface area contributed by atoms with E-state index in [-0.39, 0.29) is 6.29 Å². The van der Waals surface area contributed by atoms with E-state index in [1.165, 1.54) is 0 Å². The third-order valence-electron chi connectivity index (χ3n) is 1.93. The molecule has 1 rings (SSSR count). The zero-order valence-corrected chi connectivity index (χ0v) is 7.91. The molecule has 0 atom stereocenters. The number of hydrogen-bond donors (Lipinski definition) is 0. The summed E-state index contributed by atoms with van der Waals surface area (Å²) in [5.74, 6) is 0. The molecule has 5 nitrogen and oxygen atoms in total. The van der Waals surface area contributed by atoms with Crippen molar-refractivity contribution in [1.82, 2.24) is 4.98 Å². The Morgan fingerprint density at radius 3 is 2.44 bits per heavy atom. The number of carbonyl (C=O) groups is 1. The first-order valence-electron chi connectivity index (χ1n) is 3.95. The van der Waals surface area contributed by atoms with Gasteiger partial charge >= 0.3 is 11.9 Å². The number of rotatable bonds is 2. The minimum absolute atomic E-state index is 0.0469. The summed E-state index contributed by atoms with van der Waals surface area (Å²) in [6.07, 6.45) is -4.28. The molecular formula is C8H5F3N2O3. The molecule has 0 fully saturated rings. The van der Waals surface area contributed by atoms with Crippen molar-refractivity contribution < 1.29 is 22.9 Å². The standard InChI is InChI=1S/C8H5F3N2O3/c1-4-5(8(9,10)11)2-12-6(3-14)7(4)13(15)16/h2-3H,1H3. The summed E-state index contributed by atoms with van der Waals surface area (Å²) >= 11 is 0. The summed E-state index contributed by atoms with van der Waals surface area (Å²) < 4.78 is 37.1. The molecule has 0 unspecified atom stereocenters. The first-order chi connectivity index (χ1) is 7.29. The molecule has 16 heavy (non-hydrogen) atoms. The van der Waals surface area contributed by atoms with E-state index >= 15 is 0 Å². The van der Waals surface area contributed by atoms with Gasteiger partial charge in [0.05, 0.1) is 10.5 Å². The highest BCUT2D eigenvalue weighted by Gasteiger charge is 2.37. The quantitative estimate of drug-likeness (QED) is 0.446. The minimum Gasteiger partial charge on any atom is -0.296 e. The molecule has 0 N–H and O–H groups in total. The number of aldehydes is 1. The molecule has 0 aliphatic rings. The van der Waals surface area contributed by atoms with Gasteiger partial charge in [-0.2, -0.15) is 13.2 Å². The third-order valence-corrected chi connectivity index (χ3v) is 1.93. The maximum Gasteiger partial charge on any atom is 0.418 e. The van der Waals surface area contributed by atoms with Crippen molar-refractivity contribution >= 4 is 12.0 Å². The number of nitro groups is 1. The van der Waals surface area contributed by atoms with E-state index in [4.69, 9.17) is 0 Å². The maximum atomic E-state index is 12.4. The van der Waals surface area contributed by atoms with Crippen LogP contribution in [0, 0.1) is 17.0 Å². The number of alkyl halides is 3. The molecular weight excluding hydrogens is 229 g/mol. The van der Waals surface area contributed by atoms with Crippen LogP contribution in [0.15, 0.2) is 6.20 Å². The maximum absolute atomic E-state index is 12.4. The van der Waals surface area contributed by atoms with Gasteiger partial charge in [-0.15, -0.1) is 0 Å². The Labute approximate surface area is 87.1 Å². The van der Waals surface area contributed by atoms with Crippen LogP contribution in [0.4, 0.5) is 18.9 Å². The summed E-state index contributed by atoms with van der Waals surface area (Å²) in [6.45, 7) is 0.926. The Kier molecular flexibility index (Phi) is 2.92. The summed E-state index contributed by atoms with van der Waals surface area (Å²) in [5, 5.41) is 10.5. The van der Waals surface area contributed by atoms with Gasteiger partial charge in [0.25, 0.3) is 0 Å². The molecule has 0 aliphatic carbocycles. The van der Waals surface area contributed by atoms with Crippen molar-refractivity contribution in [3.8, 4) is 0 Å². The zero-order valence-electron chi connectivity index (χ0n) is 7.91. The molecule has 0 bridgehead atoms. The third kappa shape index (κ3) is 2.00. The van der Waals surface area contributed by atoms with Crippen molar-refractivity contribution in [3.63, 3.8) is 0 Å². The predicted octanol–water partition coefficient (Wildman–Crippen LogP) is 2.13. The van der Waals surface area contributed by atoms with Crippen LogP contribution in [0.5, 0.6) is 0 Å². The van der Waals surface area contributed by atoms with Gasteiger partial charge in [0.1, 0.15) is 0 Å². The number of halogens is 3. The minimum atomic E-state index is -4.73. The van der Waals surface area contributed by atoms with Gasteiger partial charge in [-0.25, -0.2) is 4.98 Å². The molecule has 0 spiro atoms. The number of carbonyl (C=O) groups excluding carboxylic acids is 1. The summed E-state index contributed by atoms with van der Waals surface area (Å²) in [7, 11) is 0. The van der Waals surface area contributed by atoms with E-state index < -0.39 is 33.6 Å². The lowest BCUT2D eigenvalue weighted by atomic mass is 10.1. The van der Waals surface area contributed by atoms with Gasteiger partial charge in [-0.05, 0) is 6.92 Å². The van der Waals surface area contributed by atoms with Crippen LogP contribution in [-0.4, -0.2) is 16.2 Å². The van der Waals surface area contributed by atoms with Crippen molar-refractivity contribution in [1.29, 1.82) is 0 Å². The first kappa shape index (κ1) is 12.1. The molecule has 1 heterocycles. The predicted molar refractivity (Wildman–Crippen MR) is 46.0 cm³/mol. The van der Waals surface area contributed by atoms with Crippen LogP contribution in [0.2, 0.25) is 0 Å². The second-order valence-corrected chi connectivity index (χ2v) is 2.90. The van der Waals surface area contributed by atoms with E-state index in [2.05, 4.69) is 4.98 Å². The van der Waals surface area contributed by atoms with Crippen molar-refractivity contribution in [2.24, 2.45) is 0 Å². The Morgan fingerprint density at radius 1 is 1.50 bits per heavy atom. The number of nitrogens with zero attached hydrogens (tertiary/aromatic N) is 2. The zero-order chi connectivity index (χ0) is 12.5. The fourth-order valence-corrected chi connectivity index (χ4v) is 1.21. The fraction of sp³-hybridized carbons (Fsp3) is 0.250. The van der Waals surface area contributed by atoms with E-state index in [0.717, 1.165) is 6.92 Å². The lowest BCUT2D eigenvalue weighted by molar-refractivity contribution is -0.386. The van der Waals surface area contributed by atoms with Crippen molar-refractivity contribution in [2.75, 3.05) is 0 Å². The van der Waals surface area contributed by atoms with Gasteiger partial charge in [-0.3, -0.25) is 14.9 Å². The topological polar surface area (TPSA) is 73.1 Å². The molecule has 0 saturated heterocycles. The van der Waals surface area contributed by atoms with Gasteiger partial charge in [-0.1, -0.05) is 0 Å². The van der Waals surface area contributed by atoms with Crippen LogP contribution in [0.3, 0.4) is 0 Å². The molecule has 1 aromatic rings. The molecule has 8 heteroatoms. The SMILES string of the molecule is Cc1c(C(F)(F)F)cnc(C=O)c1[N+](=O)[O-]. The van der Waals surface area contributed by atoms with Crippen molar-refractivity contribution in [3.05, 3.63) is 33.1 Å². The molecule has 1 aromatic heterocycles. The van der Waals surface area contributed by atoms with Crippen LogP contribution < -0.4 is 0 Å². The van der Waals surface area contributed by atoms with E-state index in [9.17, 15) is 28.1 Å². The normalized spacial score (nSPS) is 11.2. The Hall–Kier alpha value is -1.99. The fourth-order valence-electron chi connectivity index (χ4n) is 1.21. The smallest absolute Gasteiger partial charge is 0.296 e. The van der Waals surface area contributed by atoms with Gasteiger partial charge in [0.2, 0.25) is 0 Å². The average molecular weight is 234 g/mol. The Morgan fingerprint density at radius 2 is 2.06 bits per heavy atom. The summed E-state index contributed by atoms with van der Waals surface area (Å²) in [5.41, 5.74) is -3.36. The highest BCUT2D eigenvalue weighted by Crippen LogP contribution is 2.35. The molecule has 86 valence electrons.